The fourth-order valence-corrected chi connectivity index (χ4v) is 1.78. The molecule has 1 N–H and O–H groups in total. The molecule has 21 heavy (non-hydrogen) atoms. The van der Waals surface area contributed by atoms with Crippen LogP contribution >= 0.6 is 0 Å². The van der Waals surface area contributed by atoms with Gasteiger partial charge in [-0.3, -0.25) is 10.1 Å². The Bertz CT molecular complexity index is 365. The fraction of sp³-hybridized carbons (Fsp3) is 0.625. The van der Waals surface area contributed by atoms with E-state index < -0.39 is 4.92 Å². The second-order valence-electron chi connectivity index (χ2n) is 4.44. The molecule has 0 unspecified atom stereocenters. The zero-order valence-corrected chi connectivity index (χ0v) is 13.1. The number of benzene rings is 1. The van der Waals surface area contributed by atoms with E-state index in [4.69, 9.17) is 9.84 Å². The molecule has 0 saturated heterocycles. The minimum atomic E-state index is -0.420. The number of nitro benzene ring substituents is 1. The van der Waals surface area contributed by atoms with Gasteiger partial charge in [0.25, 0.3) is 5.69 Å². The van der Waals surface area contributed by atoms with Gasteiger partial charge in [0.15, 0.2) is 0 Å². The van der Waals surface area contributed by atoms with Crippen LogP contribution in [0.1, 0.15) is 52.4 Å². The Morgan fingerprint density at radius 2 is 1.52 bits per heavy atom. The first-order valence-electron chi connectivity index (χ1n) is 7.72. The molecule has 0 radical (unpaired) electrons. The van der Waals surface area contributed by atoms with Crippen LogP contribution in [0.3, 0.4) is 0 Å². The number of hydrogen-bond acceptors (Lipinski definition) is 4. The number of aliphatic hydroxyl groups excluding tert-OH is 1. The number of nitro groups is 1. The summed E-state index contributed by atoms with van der Waals surface area (Å²) in [7, 11) is 0. The van der Waals surface area contributed by atoms with E-state index in [0.717, 1.165) is 38.5 Å². The molecule has 0 fully saturated rings. The molecular formula is C16H27NO4. The van der Waals surface area contributed by atoms with Crippen molar-refractivity contribution in [3.8, 4) is 5.75 Å². The van der Waals surface area contributed by atoms with Crippen LogP contribution in [-0.2, 0) is 0 Å². The Morgan fingerprint density at radius 3 is 2.05 bits per heavy atom. The molecule has 0 aromatic heterocycles. The number of hydrogen-bond donors (Lipinski definition) is 1. The molecule has 0 heterocycles. The van der Waals surface area contributed by atoms with Gasteiger partial charge in [0.05, 0.1) is 11.5 Å². The summed E-state index contributed by atoms with van der Waals surface area (Å²) < 4.78 is 5.51. The van der Waals surface area contributed by atoms with Crippen LogP contribution in [0.25, 0.3) is 0 Å². The molecular weight excluding hydrogens is 270 g/mol. The Morgan fingerprint density at radius 1 is 1.00 bits per heavy atom. The number of unbranched alkanes of at least 4 members (excludes halogenated alkanes) is 5. The number of non-ortho nitro benzene ring substituents is 1. The highest BCUT2D eigenvalue weighted by atomic mass is 16.6. The van der Waals surface area contributed by atoms with Gasteiger partial charge >= 0.3 is 0 Å². The maximum absolute atomic E-state index is 10.5. The summed E-state index contributed by atoms with van der Waals surface area (Å²) in [5.41, 5.74) is 0.0798. The Kier molecular flexibility index (Phi) is 12.3. The van der Waals surface area contributed by atoms with Crippen LogP contribution < -0.4 is 4.74 Å². The normalized spacial score (nSPS) is 9.67. The second-order valence-corrected chi connectivity index (χ2v) is 4.44. The third kappa shape index (κ3) is 9.85. The fourth-order valence-electron chi connectivity index (χ4n) is 1.78. The van der Waals surface area contributed by atoms with E-state index in [1.165, 1.54) is 12.1 Å². The topological polar surface area (TPSA) is 72.6 Å². The first kappa shape index (κ1) is 19.4. The lowest BCUT2D eigenvalue weighted by Crippen LogP contribution is -1.97. The van der Waals surface area contributed by atoms with Gasteiger partial charge in [-0.15, -0.1) is 0 Å². The lowest BCUT2D eigenvalue weighted by Gasteiger charge is -2.05. The highest BCUT2D eigenvalue weighted by molar-refractivity contribution is 5.35. The number of nitrogens with zero attached hydrogens (tertiary/aromatic N) is 1. The second kappa shape index (κ2) is 13.4. The molecule has 0 atom stereocenters. The summed E-state index contributed by atoms with van der Waals surface area (Å²) >= 11 is 0. The van der Waals surface area contributed by atoms with Crippen molar-refractivity contribution in [2.24, 2.45) is 0 Å². The van der Waals surface area contributed by atoms with E-state index in [0.29, 0.717) is 12.4 Å². The summed E-state index contributed by atoms with van der Waals surface area (Å²) in [4.78, 5) is 10.0. The molecule has 0 spiro atoms. The maximum atomic E-state index is 10.5. The van der Waals surface area contributed by atoms with E-state index in [2.05, 4.69) is 0 Å². The summed E-state index contributed by atoms with van der Waals surface area (Å²) in [6.45, 7) is 4.92. The Hall–Kier alpha value is -1.62. The zero-order valence-electron chi connectivity index (χ0n) is 13.1. The molecule has 1 aromatic carbocycles. The molecule has 0 bridgehead atoms. The van der Waals surface area contributed by atoms with E-state index in [1.54, 1.807) is 12.1 Å². The third-order valence-electron chi connectivity index (χ3n) is 2.87. The SMILES string of the molecule is CC.O=[N+]([O-])c1ccc(OCCCCCCCCO)cc1. The quantitative estimate of drug-likeness (QED) is 0.396. The molecule has 0 saturated carbocycles. The molecule has 120 valence electrons. The summed E-state index contributed by atoms with van der Waals surface area (Å²) in [5.74, 6) is 0.672. The maximum Gasteiger partial charge on any atom is 0.269 e. The van der Waals surface area contributed by atoms with Crippen LogP contribution in [-0.4, -0.2) is 23.2 Å². The number of rotatable bonds is 10. The monoisotopic (exact) mass is 297 g/mol. The molecule has 5 nitrogen and oxygen atoms in total. The lowest BCUT2D eigenvalue weighted by atomic mass is 10.1. The van der Waals surface area contributed by atoms with Gasteiger partial charge in [0, 0.05) is 18.7 Å². The van der Waals surface area contributed by atoms with Crippen molar-refractivity contribution in [3.05, 3.63) is 34.4 Å². The number of ether oxygens (including phenoxy) is 1. The van der Waals surface area contributed by atoms with Gasteiger partial charge in [-0.05, 0) is 25.0 Å². The number of aliphatic hydroxyl groups is 1. The van der Waals surface area contributed by atoms with Gasteiger partial charge in [-0.2, -0.15) is 0 Å². The summed E-state index contributed by atoms with van der Waals surface area (Å²) in [6.07, 6.45) is 6.37. The van der Waals surface area contributed by atoms with Crippen molar-refractivity contribution < 1.29 is 14.8 Å². The molecule has 0 amide bonds. The van der Waals surface area contributed by atoms with Gasteiger partial charge in [0.2, 0.25) is 0 Å². The zero-order chi connectivity index (χ0) is 15.9. The van der Waals surface area contributed by atoms with E-state index in [-0.39, 0.29) is 12.3 Å². The van der Waals surface area contributed by atoms with E-state index in [1.807, 2.05) is 13.8 Å². The largest absolute Gasteiger partial charge is 0.494 e. The highest BCUT2D eigenvalue weighted by Crippen LogP contribution is 2.17. The van der Waals surface area contributed by atoms with Gasteiger partial charge in [0.1, 0.15) is 5.75 Å². The van der Waals surface area contributed by atoms with Crippen LogP contribution in [0.4, 0.5) is 5.69 Å². The van der Waals surface area contributed by atoms with Crippen LogP contribution in [0.15, 0.2) is 24.3 Å². The summed E-state index contributed by atoms with van der Waals surface area (Å²) in [5, 5.41) is 19.1. The van der Waals surface area contributed by atoms with Gasteiger partial charge in [-0.25, -0.2) is 0 Å². The molecule has 0 aliphatic heterocycles. The molecule has 0 aliphatic carbocycles. The van der Waals surface area contributed by atoms with Crippen molar-refractivity contribution in [2.75, 3.05) is 13.2 Å². The average Bonchev–Trinajstić information content (AvgIpc) is 2.52. The predicted octanol–water partition coefficient (Wildman–Crippen LogP) is 4.33. The minimum absolute atomic E-state index is 0.0798. The Balaban J connectivity index is 0.00000191. The first-order chi connectivity index (χ1) is 10.2. The minimum Gasteiger partial charge on any atom is -0.494 e. The van der Waals surface area contributed by atoms with Gasteiger partial charge < -0.3 is 9.84 Å². The van der Waals surface area contributed by atoms with Crippen molar-refractivity contribution in [3.63, 3.8) is 0 Å². The molecule has 1 rings (SSSR count). The van der Waals surface area contributed by atoms with E-state index >= 15 is 0 Å². The standard InChI is InChI=1S/C14H21NO4.C2H6/c16-11-5-3-1-2-4-6-12-19-14-9-7-13(8-10-14)15(17)18;1-2/h7-10,16H,1-6,11-12H2;1-2H3. The Labute approximate surface area is 127 Å². The first-order valence-corrected chi connectivity index (χ1v) is 7.72. The van der Waals surface area contributed by atoms with Crippen LogP contribution in [0, 0.1) is 10.1 Å². The smallest absolute Gasteiger partial charge is 0.269 e. The summed E-state index contributed by atoms with van der Waals surface area (Å²) in [6, 6.07) is 6.15. The van der Waals surface area contributed by atoms with E-state index in [9.17, 15) is 10.1 Å². The van der Waals surface area contributed by atoms with Crippen LogP contribution in [0.5, 0.6) is 5.75 Å². The van der Waals surface area contributed by atoms with Crippen LogP contribution in [0.2, 0.25) is 0 Å². The van der Waals surface area contributed by atoms with Crippen molar-refractivity contribution in [2.45, 2.75) is 52.4 Å². The van der Waals surface area contributed by atoms with Crippen molar-refractivity contribution in [1.82, 2.24) is 0 Å². The molecule has 5 heteroatoms. The molecule has 0 aliphatic rings. The van der Waals surface area contributed by atoms with Gasteiger partial charge in [-0.1, -0.05) is 39.5 Å². The molecule has 1 aromatic rings. The lowest BCUT2D eigenvalue weighted by molar-refractivity contribution is -0.384. The highest BCUT2D eigenvalue weighted by Gasteiger charge is 2.03. The van der Waals surface area contributed by atoms with Crippen molar-refractivity contribution in [1.29, 1.82) is 0 Å². The third-order valence-corrected chi connectivity index (χ3v) is 2.87. The predicted molar refractivity (Wildman–Crippen MR) is 84.7 cm³/mol. The van der Waals surface area contributed by atoms with Crippen molar-refractivity contribution >= 4 is 5.69 Å². The average molecular weight is 297 g/mol.